The Bertz CT molecular complexity index is 1140. The second kappa shape index (κ2) is 7.51. The van der Waals surface area contributed by atoms with Crippen LogP contribution in [-0.2, 0) is 4.79 Å². The van der Waals surface area contributed by atoms with Crippen LogP contribution in [0.1, 0.15) is 29.0 Å². The Balaban J connectivity index is 2.04. The molecule has 8 heteroatoms. The largest absolute Gasteiger partial charge is 0.495 e. The Morgan fingerprint density at radius 3 is 2.50 bits per heavy atom. The normalized spacial score (nSPS) is 11.8. The second-order valence-corrected chi connectivity index (χ2v) is 6.32. The van der Waals surface area contributed by atoms with Crippen molar-refractivity contribution in [2.24, 2.45) is 0 Å². The topological polar surface area (TPSA) is 111 Å². The Morgan fingerprint density at radius 2 is 1.86 bits per heavy atom. The van der Waals surface area contributed by atoms with Crippen molar-refractivity contribution in [1.82, 2.24) is 9.78 Å². The number of methoxy groups -OCH3 is 1. The van der Waals surface area contributed by atoms with Crippen molar-refractivity contribution in [1.29, 1.82) is 0 Å². The third-order valence-electron chi connectivity index (χ3n) is 4.39. The molecule has 1 unspecified atom stereocenters. The van der Waals surface area contributed by atoms with Gasteiger partial charge in [-0.05, 0) is 37.6 Å². The summed E-state index contributed by atoms with van der Waals surface area (Å²) in [7, 11) is 1.48. The van der Waals surface area contributed by atoms with E-state index in [2.05, 4.69) is 10.4 Å². The molecule has 1 heterocycles. The molecule has 2 N–H and O–H groups in total. The molecule has 0 fully saturated rings. The van der Waals surface area contributed by atoms with Gasteiger partial charge in [-0.1, -0.05) is 24.3 Å². The molecule has 0 aliphatic carbocycles. The highest BCUT2D eigenvalue weighted by atomic mass is 16.5. The van der Waals surface area contributed by atoms with Gasteiger partial charge in [-0.3, -0.25) is 9.59 Å². The van der Waals surface area contributed by atoms with Gasteiger partial charge in [-0.25, -0.2) is 9.48 Å². The number of amides is 1. The van der Waals surface area contributed by atoms with E-state index in [4.69, 9.17) is 4.74 Å². The standard InChI is InChI=1S/C20H19N3O5/c1-11-8-9-16(28-3)15(10-11)21-18(24)12(2)23-19(25)14-7-5-4-6-13(14)17(22-23)20(26)27/h4-10,12H,1-3H3,(H,21,24)(H,26,27). The van der Waals surface area contributed by atoms with Crippen LogP contribution in [0.5, 0.6) is 5.75 Å². The maximum atomic E-state index is 12.8. The summed E-state index contributed by atoms with van der Waals surface area (Å²) in [4.78, 5) is 37.1. The van der Waals surface area contributed by atoms with E-state index in [1.807, 2.05) is 13.0 Å². The number of hydrogen-bond donors (Lipinski definition) is 2. The van der Waals surface area contributed by atoms with Crippen LogP contribution >= 0.6 is 0 Å². The Hall–Kier alpha value is -3.68. The van der Waals surface area contributed by atoms with Crippen molar-refractivity contribution in [3.05, 3.63) is 64.1 Å². The van der Waals surface area contributed by atoms with Gasteiger partial charge in [0.1, 0.15) is 11.8 Å². The third-order valence-corrected chi connectivity index (χ3v) is 4.39. The molecule has 3 rings (SSSR count). The van der Waals surface area contributed by atoms with E-state index in [1.165, 1.54) is 26.2 Å². The smallest absolute Gasteiger partial charge is 0.357 e. The maximum absolute atomic E-state index is 12.8. The number of rotatable bonds is 5. The Kier molecular flexibility index (Phi) is 5.12. The van der Waals surface area contributed by atoms with Crippen molar-refractivity contribution < 1.29 is 19.4 Å². The fraction of sp³-hybridized carbons (Fsp3) is 0.200. The van der Waals surface area contributed by atoms with Gasteiger partial charge in [-0.15, -0.1) is 0 Å². The fourth-order valence-corrected chi connectivity index (χ4v) is 2.89. The van der Waals surface area contributed by atoms with Crippen LogP contribution in [0.25, 0.3) is 10.8 Å². The summed E-state index contributed by atoms with van der Waals surface area (Å²) in [6.45, 7) is 3.35. The quantitative estimate of drug-likeness (QED) is 0.703. The van der Waals surface area contributed by atoms with Gasteiger partial charge in [0.15, 0.2) is 5.69 Å². The summed E-state index contributed by atoms with van der Waals surface area (Å²) in [6, 6.07) is 10.5. The zero-order valence-corrected chi connectivity index (χ0v) is 15.6. The van der Waals surface area contributed by atoms with Crippen LogP contribution in [0.4, 0.5) is 5.69 Å². The molecule has 144 valence electrons. The zero-order valence-electron chi connectivity index (χ0n) is 15.6. The number of aromatic carboxylic acids is 1. The van der Waals surface area contributed by atoms with Crippen molar-refractivity contribution in [2.45, 2.75) is 19.9 Å². The molecule has 0 saturated heterocycles. The third kappa shape index (κ3) is 3.44. The molecular formula is C20H19N3O5. The number of nitrogens with zero attached hydrogens (tertiary/aromatic N) is 2. The first-order valence-corrected chi connectivity index (χ1v) is 8.54. The first kappa shape index (κ1) is 19.1. The highest BCUT2D eigenvalue weighted by Gasteiger charge is 2.23. The molecule has 1 amide bonds. The lowest BCUT2D eigenvalue weighted by molar-refractivity contribution is -0.119. The number of carbonyl (C=O) groups is 2. The molecule has 0 radical (unpaired) electrons. The lowest BCUT2D eigenvalue weighted by atomic mass is 10.1. The van der Waals surface area contributed by atoms with Gasteiger partial charge in [0.2, 0.25) is 5.91 Å². The summed E-state index contributed by atoms with van der Waals surface area (Å²) < 4.78 is 6.13. The monoisotopic (exact) mass is 381 g/mol. The van der Waals surface area contributed by atoms with E-state index in [0.29, 0.717) is 11.4 Å². The van der Waals surface area contributed by atoms with E-state index in [-0.39, 0.29) is 16.5 Å². The summed E-state index contributed by atoms with van der Waals surface area (Å²) in [6.07, 6.45) is 0. The Morgan fingerprint density at radius 1 is 1.18 bits per heavy atom. The second-order valence-electron chi connectivity index (χ2n) is 6.32. The van der Waals surface area contributed by atoms with Crippen LogP contribution in [-0.4, -0.2) is 33.9 Å². The van der Waals surface area contributed by atoms with Gasteiger partial charge in [0.25, 0.3) is 5.56 Å². The van der Waals surface area contributed by atoms with Crippen LogP contribution < -0.4 is 15.6 Å². The maximum Gasteiger partial charge on any atom is 0.357 e. The number of fused-ring (bicyclic) bond motifs is 1. The van der Waals surface area contributed by atoms with E-state index in [9.17, 15) is 19.5 Å². The molecule has 0 aliphatic rings. The van der Waals surface area contributed by atoms with Crippen molar-refractivity contribution in [3.63, 3.8) is 0 Å². The first-order chi connectivity index (χ1) is 13.3. The van der Waals surface area contributed by atoms with Crippen LogP contribution in [0.2, 0.25) is 0 Å². The lowest BCUT2D eigenvalue weighted by Gasteiger charge is -2.17. The number of aryl methyl sites for hydroxylation is 1. The molecule has 8 nitrogen and oxygen atoms in total. The minimum absolute atomic E-state index is 0.183. The number of carboxylic acid groups (broad SMARTS) is 1. The average Bonchev–Trinajstić information content (AvgIpc) is 2.68. The van der Waals surface area contributed by atoms with Crippen LogP contribution in [0, 0.1) is 6.92 Å². The van der Waals surface area contributed by atoms with Crippen LogP contribution in [0.3, 0.4) is 0 Å². The minimum atomic E-state index is -1.28. The van der Waals surface area contributed by atoms with Crippen molar-refractivity contribution in [2.75, 3.05) is 12.4 Å². The molecule has 2 aromatic carbocycles. The van der Waals surface area contributed by atoms with Gasteiger partial charge in [0.05, 0.1) is 18.2 Å². The molecule has 0 spiro atoms. The Labute approximate surface area is 160 Å². The molecule has 28 heavy (non-hydrogen) atoms. The summed E-state index contributed by atoms with van der Waals surface area (Å²) in [5, 5.41) is 16.5. The molecule has 1 aromatic heterocycles. The number of aromatic nitrogens is 2. The van der Waals surface area contributed by atoms with E-state index in [1.54, 1.807) is 24.3 Å². The van der Waals surface area contributed by atoms with Gasteiger partial charge >= 0.3 is 5.97 Å². The molecule has 3 aromatic rings. The molecule has 0 saturated carbocycles. The summed E-state index contributed by atoms with van der Waals surface area (Å²) in [5.74, 6) is -1.33. The first-order valence-electron chi connectivity index (χ1n) is 8.54. The number of nitrogens with one attached hydrogen (secondary N) is 1. The molecule has 1 atom stereocenters. The average molecular weight is 381 g/mol. The molecule has 0 bridgehead atoms. The molecule has 0 aliphatic heterocycles. The molecular weight excluding hydrogens is 362 g/mol. The zero-order chi connectivity index (χ0) is 20.4. The van der Waals surface area contributed by atoms with Crippen molar-refractivity contribution >= 4 is 28.3 Å². The lowest BCUT2D eigenvalue weighted by Crippen LogP contribution is -2.34. The van der Waals surface area contributed by atoms with Gasteiger partial charge < -0.3 is 15.2 Å². The van der Waals surface area contributed by atoms with E-state index >= 15 is 0 Å². The minimum Gasteiger partial charge on any atom is -0.495 e. The summed E-state index contributed by atoms with van der Waals surface area (Å²) in [5.41, 5.74) is 0.534. The highest BCUT2D eigenvalue weighted by Crippen LogP contribution is 2.26. The van der Waals surface area contributed by atoms with E-state index in [0.717, 1.165) is 10.2 Å². The van der Waals surface area contributed by atoms with Crippen LogP contribution in [0.15, 0.2) is 47.3 Å². The number of benzene rings is 2. The number of carboxylic acids is 1. The fourth-order valence-electron chi connectivity index (χ4n) is 2.89. The predicted molar refractivity (Wildman–Crippen MR) is 104 cm³/mol. The summed E-state index contributed by atoms with van der Waals surface area (Å²) >= 11 is 0. The number of anilines is 1. The SMILES string of the molecule is COc1ccc(C)cc1NC(=O)C(C)n1nc(C(=O)O)c2ccccc2c1=O. The highest BCUT2D eigenvalue weighted by molar-refractivity contribution is 6.01. The number of hydrogen-bond acceptors (Lipinski definition) is 5. The van der Waals surface area contributed by atoms with Gasteiger partial charge in [0, 0.05) is 5.39 Å². The number of carbonyl (C=O) groups excluding carboxylic acids is 1. The predicted octanol–water partition coefficient (Wildman–Crippen LogP) is 2.61. The van der Waals surface area contributed by atoms with Crippen molar-refractivity contribution in [3.8, 4) is 5.75 Å². The number of ether oxygens (including phenoxy) is 1. The van der Waals surface area contributed by atoms with Gasteiger partial charge in [-0.2, -0.15) is 5.10 Å². The van der Waals surface area contributed by atoms with E-state index < -0.39 is 23.5 Å².